The maximum absolute atomic E-state index is 12.2. The maximum Gasteiger partial charge on any atom is 0.375 e. The Kier molecular flexibility index (Phi) is 6.87. The monoisotopic (exact) mass is 398 g/mol. The third kappa shape index (κ3) is 5.48. The molecule has 0 bridgehead atoms. The summed E-state index contributed by atoms with van der Waals surface area (Å²) in [6.07, 6.45) is 9.40. The van der Waals surface area contributed by atoms with Crippen molar-refractivity contribution in [1.82, 2.24) is 0 Å². The molecule has 0 radical (unpaired) electrons. The molecule has 3 atom stereocenters. The summed E-state index contributed by atoms with van der Waals surface area (Å²) in [6, 6.07) is 0. The lowest BCUT2D eigenvalue weighted by molar-refractivity contribution is -0.0465. The summed E-state index contributed by atoms with van der Waals surface area (Å²) in [4.78, 5) is 12.2. The molecule has 5 heteroatoms. The van der Waals surface area contributed by atoms with E-state index in [1.54, 1.807) is 0 Å². The molecule has 1 unspecified atom stereocenters. The Morgan fingerprint density at radius 1 is 1.23 bits per heavy atom. The average molecular weight is 399 g/mol. The number of ether oxygens (including phenoxy) is 2. The second kappa shape index (κ2) is 8.22. The van der Waals surface area contributed by atoms with Gasteiger partial charge in [0.25, 0.3) is 0 Å². The van der Waals surface area contributed by atoms with E-state index < -0.39 is 0 Å². The number of allylic oxidation sites excluding steroid dienone is 1. The molecule has 2 rings (SSSR count). The molecule has 0 aromatic rings. The quantitative estimate of drug-likeness (QED) is 0.303. The standard InChI is InChI=1S/C21H34O3S2/c1-19(2,3)14-24-18(25)26-17(22)23-13-15-9-7-10-16-20(4,5)11-8-12-21(15,16)6/h7,9,15-16H,8,10-14H2,1-6H3/t15-,16?,21-/m1/s1. The summed E-state index contributed by atoms with van der Waals surface area (Å²) in [5.74, 6) is 0.913. The number of hydrogen-bond acceptors (Lipinski definition) is 5. The zero-order valence-electron chi connectivity index (χ0n) is 17.1. The Labute approximate surface area is 168 Å². The Morgan fingerprint density at radius 3 is 2.58 bits per heavy atom. The van der Waals surface area contributed by atoms with Crippen LogP contribution in [0.5, 0.6) is 0 Å². The van der Waals surface area contributed by atoms with E-state index in [0.717, 1.165) is 18.2 Å². The molecule has 0 aromatic carbocycles. The highest BCUT2D eigenvalue weighted by Crippen LogP contribution is 2.58. The molecule has 1 fully saturated rings. The van der Waals surface area contributed by atoms with E-state index in [4.69, 9.17) is 21.7 Å². The van der Waals surface area contributed by atoms with Gasteiger partial charge < -0.3 is 9.47 Å². The van der Waals surface area contributed by atoms with Crippen molar-refractivity contribution in [3.63, 3.8) is 0 Å². The van der Waals surface area contributed by atoms with Crippen LogP contribution in [0.1, 0.15) is 67.2 Å². The molecule has 0 heterocycles. The van der Waals surface area contributed by atoms with Crippen molar-refractivity contribution in [3.8, 4) is 0 Å². The van der Waals surface area contributed by atoms with Gasteiger partial charge in [0.05, 0.1) is 13.2 Å². The number of fused-ring (bicyclic) bond motifs is 1. The van der Waals surface area contributed by atoms with E-state index in [1.807, 2.05) is 0 Å². The third-order valence-corrected chi connectivity index (χ3v) is 6.97. The average Bonchev–Trinajstić information content (AvgIpc) is 2.50. The van der Waals surface area contributed by atoms with Gasteiger partial charge >= 0.3 is 5.30 Å². The largest absolute Gasteiger partial charge is 0.478 e. The Morgan fingerprint density at radius 2 is 1.92 bits per heavy atom. The molecule has 0 saturated heterocycles. The van der Waals surface area contributed by atoms with Crippen molar-refractivity contribution in [1.29, 1.82) is 0 Å². The SMILES string of the molecule is CC(C)(C)COC(=S)SC(=O)OC[C@H]1C=CCC2C(C)(C)CCC[C@@]21C. The van der Waals surface area contributed by atoms with Crippen molar-refractivity contribution in [3.05, 3.63) is 12.2 Å². The van der Waals surface area contributed by atoms with Crippen molar-refractivity contribution >= 4 is 33.7 Å². The molecule has 0 aromatic heterocycles. The lowest BCUT2D eigenvalue weighted by atomic mass is 9.50. The number of carbonyl (C=O) groups is 1. The van der Waals surface area contributed by atoms with Gasteiger partial charge in [-0.2, -0.15) is 0 Å². The van der Waals surface area contributed by atoms with Crippen LogP contribution in [0.25, 0.3) is 0 Å². The molecule has 2 aliphatic rings. The summed E-state index contributed by atoms with van der Waals surface area (Å²) < 4.78 is 11.3. The molecule has 0 amide bonds. The zero-order valence-corrected chi connectivity index (χ0v) is 18.7. The van der Waals surface area contributed by atoms with Gasteiger partial charge in [0.2, 0.25) is 4.38 Å². The summed E-state index contributed by atoms with van der Waals surface area (Å²) >= 11 is 6.02. The number of rotatable bonds is 3. The molecule has 3 nitrogen and oxygen atoms in total. The van der Waals surface area contributed by atoms with Crippen molar-refractivity contribution in [2.45, 2.75) is 67.2 Å². The second-order valence-electron chi connectivity index (χ2n) is 9.93. The first-order chi connectivity index (χ1) is 11.9. The van der Waals surface area contributed by atoms with E-state index in [2.05, 4.69) is 53.7 Å². The van der Waals surface area contributed by atoms with Crippen molar-refractivity contribution in [2.24, 2.45) is 28.1 Å². The highest BCUT2D eigenvalue weighted by molar-refractivity contribution is 8.32. The van der Waals surface area contributed by atoms with Crippen molar-refractivity contribution in [2.75, 3.05) is 13.2 Å². The van der Waals surface area contributed by atoms with Crippen LogP contribution in [-0.4, -0.2) is 22.9 Å². The van der Waals surface area contributed by atoms with E-state index in [0.29, 0.717) is 24.5 Å². The summed E-state index contributed by atoms with van der Waals surface area (Å²) in [6.45, 7) is 14.3. The number of thioether (sulfide) groups is 1. The van der Waals surface area contributed by atoms with Crippen LogP contribution in [0.3, 0.4) is 0 Å². The van der Waals surface area contributed by atoms with Gasteiger partial charge in [-0.15, -0.1) is 0 Å². The van der Waals surface area contributed by atoms with Crippen LogP contribution < -0.4 is 0 Å². The highest BCUT2D eigenvalue weighted by Gasteiger charge is 2.50. The molecule has 26 heavy (non-hydrogen) atoms. The van der Waals surface area contributed by atoms with E-state index in [9.17, 15) is 4.79 Å². The molecular weight excluding hydrogens is 364 g/mol. The van der Waals surface area contributed by atoms with Gasteiger partial charge in [-0.05, 0) is 53.6 Å². The van der Waals surface area contributed by atoms with Crippen LogP contribution in [0, 0.1) is 28.1 Å². The topological polar surface area (TPSA) is 35.5 Å². The van der Waals surface area contributed by atoms with Crippen LogP contribution in [0.15, 0.2) is 12.2 Å². The predicted octanol–water partition coefficient (Wildman–Crippen LogP) is 6.61. The van der Waals surface area contributed by atoms with Gasteiger partial charge in [0.1, 0.15) is 0 Å². The fourth-order valence-corrected chi connectivity index (χ4v) is 5.25. The number of hydrogen-bond donors (Lipinski definition) is 0. The van der Waals surface area contributed by atoms with Crippen molar-refractivity contribution < 1.29 is 14.3 Å². The summed E-state index contributed by atoms with van der Waals surface area (Å²) in [7, 11) is 0. The number of thiocarbonyl (C=S) groups is 1. The Balaban J connectivity index is 1.88. The van der Waals surface area contributed by atoms with Gasteiger partial charge in [0, 0.05) is 17.7 Å². The van der Waals surface area contributed by atoms with Gasteiger partial charge in [-0.1, -0.05) is 60.1 Å². The molecule has 0 spiro atoms. The van der Waals surface area contributed by atoms with Crippen LogP contribution >= 0.6 is 24.0 Å². The van der Waals surface area contributed by atoms with Crippen LogP contribution in [0.4, 0.5) is 4.79 Å². The first kappa shape index (κ1) is 21.7. The summed E-state index contributed by atoms with van der Waals surface area (Å²) in [5, 5.41) is -0.363. The molecule has 0 N–H and O–H groups in total. The van der Waals surface area contributed by atoms with Gasteiger partial charge in [0.15, 0.2) is 0 Å². The second-order valence-corrected chi connectivity index (χ2v) is 11.5. The maximum atomic E-state index is 12.2. The zero-order chi connectivity index (χ0) is 19.6. The highest BCUT2D eigenvalue weighted by atomic mass is 32.2. The fourth-order valence-electron chi connectivity index (χ4n) is 4.60. The molecule has 148 valence electrons. The van der Waals surface area contributed by atoms with E-state index in [1.165, 1.54) is 19.3 Å². The first-order valence-corrected chi connectivity index (χ1v) is 10.8. The smallest absolute Gasteiger partial charge is 0.375 e. The lowest BCUT2D eigenvalue weighted by Crippen LogP contribution is -2.48. The molecule has 0 aliphatic heterocycles. The predicted molar refractivity (Wildman–Crippen MR) is 113 cm³/mol. The normalized spacial score (nSPS) is 30.4. The van der Waals surface area contributed by atoms with Gasteiger partial charge in [-0.25, -0.2) is 4.79 Å². The first-order valence-electron chi connectivity index (χ1n) is 9.62. The number of carbonyl (C=O) groups excluding carboxylic acids is 1. The Bertz CT molecular complexity index is 562. The molecule has 2 aliphatic carbocycles. The minimum absolute atomic E-state index is 0.0127. The van der Waals surface area contributed by atoms with E-state index in [-0.39, 0.29) is 26.4 Å². The van der Waals surface area contributed by atoms with Crippen LogP contribution in [0.2, 0.25) is 0 Å². The minimum atomic E-state index is -0.363. The van der Waals surface area contributed by atoms with Gasteiger partial charge in [-0.3, -0.25) is 0 Å². The lowest BCUT2D eigenvalue weighted by Gasteiger charge is -2.55. The molecular formula is C21H34O3S2. The minimum Gasteiger partial charge on any atom is -0.478 e. The Hall–Kier alpha value is -0.550. The fraction of sp³-hybridized carbons (Fsp3) is 0.810. The third-order valence-electron chi connectivity index (χ3n) is 6.03. The summed E-state index contributed by atoms with van der Waals surface area (Å²) in [5.41, 5.74) is 0.556. The van der Waals surface area contributed by atoms with E-state index >= 15 is 0 Å². The van der Waals surface area contributed by atoms with Crippen LogP contribution in [-0.2, 0) is 9.47 Å². The molecule has 1 saturated carbocycles.